The molecule has 0 amide bonds. The maximum atomic E-state index is 10.7. The van der Waals surface area contributed by atoms with Gasteiger partial charge in [-0.05, 0) is 62.6 Å². The van der Waals surface area contributed by atoms with Gasteiger partial charge in [-0.3, -0.25) is 29.7 Å². The van der Waals surface area contributed by atoms with E-state index in [0.717, 1.165) is 49.0 Å². The molecule has 4 aromatic heterocycles. The normalized spacial score (nSPS) is 11.5. The van der Waals surface area contributed by atoms with Gasteiger partial charge in [0.2, 0.25) is 0 Å². The van der Waals surface area contributed by atoms with Crippen molar-refractivity contribution in [1.29, 1.82) is 0 Å². The van der Waals surface area contributed by atoms with Crippen molar-refractivity contribution < 1.29 is 69.4 Å². The Morgan fingerprint density at radius 3 is 0.816 bits per heavy atom. The standard InChI is InChI=1S/2C13H15N3.2CHF3O3S.Cu/c2*1-16(10-12-6-2-4-8-14-12)11-13-7-3-5-9-15-13;2*2-1(3,4)8(5,6)7;/h2*2-9H,10-11H2,1H3;2*(H,5,6,7);/q;;;;+2/p-2. The second kappa shape index (κ2) is 21.5. The van der Waals surface area contributed by atoms with Crippen molar-refractivity contribution in [3.05, 3.63) is 120 Å². The molecule has 0 unspecified atom stereocenters. The van der Waals surface area contributed by atoms with Crippen LogP contribution in [-0.4, -0.2) is 80.8 Å². The number of pyridine rings is 4. The number of nitrogens with zero attached hydrogens (tertiary/aromatic N) is 6. The molecule has 0 saturated heterocycles. The van der Waals surface area contributed by atoms with Gasteiger partial charge in [0.25, 0.3) is 0 Å². The van der Waals surface area contributed by atoms with Crippen molar-refractivity contribution in [3.63, 3.8) is 0 Å². The van der Waals surface area contributed by atoms with Gasteiger partial charge >= 0.3 is 28.1 Å². The molecule has 0 bridgehead atoms. The first kappa shape index (κ1) is 45.4. The van der Waals surface area contributed by atoms with Crippen LogP contribution in [0.5, 0.6) is 0 Å². The number of rotatable bonds is 8. The maximum Gasteiger partial charge on any atom is 2.00 e. The molecular weight excluding hydrogens is 758 g/mol. The van der Waals surface area contributed by atoms with Crippen molar-refractivity contribution >= 4 is 20.2 Å². The van der Waals surface area contributed by atoms with E-state index >= 15 is 0 Å². The Hall–Kier alpha value is -3.56. The number of hydrogen-bond donors (Lipinski definition) is 0. The topological polar surface area (TPSA) is 172 Å². The van der Waals surface area contributed by atoms with Crippen LogP contribution in [0.15, 0.2) is 97.6 Å². The van der Waals surface area contributed by atoms with Gasteiger partial charge in [0.05, 0.1) is 22.8 Å². The smallest absolute Gasteiger partial charge is 0.741 e. The van der Waals surface area contributed by atoms with E-state index in [9.17, 15) is 26.3 Å². The Morgan fingerprint density at radius 2 is 0.694 bits per heavy atom. The second-order valence-electron chi connectivity index (χ2n) is 9.43. The van der Waals surface area contributed by atoms with E-state index in [0.29, 0.717) is 0 Å². The largest absolute Gasteiger partial charge is 2.00 e. The summed E-state index contributed by atoms with van der Waals surface area (Å²) in [6, 6.07) is 23.9. The molecule has 0 saturated carbocycles. The Bertz CT molecular complexity index is 1470. The van der Waals surface area contributed by atoms with Crippen LogP contribution >= 0.6 is 0 Å². The molecule has 0 aliphatic carbocycles. The van der Waals surface area contributed by atoms with Crippen LogP contribution in [-0.2, 0) is 63.5 Å². The zero-order valence-corrected chi connectivity index (χ0v) is 28.2. The summed E-state index contributed by atoms with van der Waals surface area (Å²) in [7, 11) is -8.04. The molecule has 21 heteroatoms. The van der Waals surface area contributed by atoms with Gasteiger partial charge in [0, 0.05) is 51.0 Å². The predicted octanol–water partition coefficient (Wildman–Crippen LogP) is 4.32. The van der Waals surface area contributed by atoms with Crippen molar-refractivity contribution in [2.45, 2.75) is 37.2 Å². The monoisotopic (exact) mass is 787 g/mol. The molecule has 12 nitrogen and oxygen atoms in total. The second-order valence-corrected chi connectivity index (χ2v) is 12.2. The first-order valence-electron chi connectivity index (χ1n) is 13.2. The predicted molar refractivity (Wildman–Crippen MR) is 159 cm³/mol. The van der Waals surface area contributed by atoms with Gasteiger partial charge in [0.15, 0.2) is 20.2 Å². The summed E-state index contributed by atoms with van der Waals surface area (Å²) in [6.45, 7) is 3.38. The molecule has 0 aliphatic rings. The van der Waals surface area contributed by atoms with Gasteiger partial charge in [-0.2, -0.15) is 26.3 Å². The molecule has 0 atom stereocenters. The average Bonchev–Trinajstić information content (AvgIpc) is 2.98. The molecule has 0 N–H and O–H groups in total. The molecule has 4 heterocycles. The summed E-state index contributed by atoms with van der Waals surface area (Å²) >= 11 is 0. The molecule has 0 spiro atoms. The van der Waals surface area contributed by atoms with Gasteiger partial charge in [-0.15, -0.1) is 0 Å². The van der Waals surface area contributed by atoms with Crippen molar-refractivity contribution in [2.24, 2.45) is 0 Å². The first-order valence-corrected chi connectivity index (χ1v) is 16.0. The summed E-state index contributed by atoms with van der Waals surface area (Å²) in [5.74, 6) is 0. The van der Waals surface area contributed by atoms with Crippen LogP contribution in [0.4, 0.5) is 26.3 Å². The zero-order valence-electron chi connectivity index (χ0n) is 25.6. The third-order valence-electron chi connectivity index (χ3n) is 5.20. The molecule has 0 aliphatic heterocycles. The molecule has 0 aromatic carbocycles. The Balaban J connectivity index is 0.000000658. The molecule has 273 valence electrons. The van der Waals surface area contributed by atoms with E-state index in [1.54, 1.807) is 0 Å². The molecular formula is C28H30CuF6N6O6S2. The van der Waals surface area contributed by atoms with Crippen LogP contribution < -0.4 is 0 Å². The van der Waals surface area contributed by atoms with Crippen molar-refractivity contribution in [2.75, 3.05) is 14.1 Å². The minimum atomic E-state index is -6.09. The maximum absolute atomic E-state index is 10.7. The van der Waals surface area contributed by atoms with Crippen molar-refractivity contribution in [3.8, 4) is 0 Å². The third kappa shape index (κ3) is 20.5. The van der Waals surface area contributed by atoms with E-state index in [4.69, 9.17) is 25.9 Å². The van der Waals surface area contributed by atoms with Gasteiger partial charge < -0.3 is 9.11 Å². The van der Waals surface area contributed by atoms with Crippen LogP contribution in [0.25, 0.3) is 0 Å². The Kier molecular flexibility index (Phi) is 19.9. The Morgan fingerprint density at radius 1 is 0.510 bits per heavy atom. The molecule has 4 aromatic rings. The van der Waals surface area contributed by atoms with Crippen LogP contribution in [0, 0.1) is 0 Å². The summed E-state index contributed by atoms with van der Waals surface area (Å²) in [5, 5.41) is 0. The van der Waals surface area contributed by atoms with Gasteiger partial charge in [-0.25, -0.2) is 16.8 Å². The molecule has 1 radical (unpaired) electrons. The molecule has 49 heavy (non-hydrogen) atoms. The number of hydrogen-bond acceptors (Lipinski definition) is 12. The van der Waals surface area contributed by atoms with E-state index < -0.39 is 31.3 Å². The number of aromatic nitrogens is 4. The van der Waals surface area contributed by atoms with E-state index in [2.05, 4.69) is 43.8 Å². The first-order chi connectivity index (χ1) is 22.2. The third-order valence-corrected chi connectivity index (χ3v) is 6.33. The SMILES string of the molecule is CN(Cc1ccccn1)Cc1ccccn1.CN(Cc1ccccn1)Cc1ccccn1.O=S(=O)([O-])C(F)(F)F.O=S(=O)([O-])C(F)(F)F.[Cu+2]. The van der Waals surface area contributed by atoms with E-state index in [1.807, 2.05) is 97.6 Å². The summed E-state index contributed by atoms with van der Waals surface area (Å²) in [4.78, 5) is 21.6. The zero-order chi connectivity index (χ0) is 36.4. The van der Waals surface area contributed by atoms with Crippen LogP contribution in [0.2, 0.25) is 0 Å². The van der Waals surface area contributed by atoms with Crippen molar-refractivity contribution in [1.82, 2.24) is 29.7 Å². The average molecular weight is 788 g/mol. The van der Waals surface area contributed by atoms with Crippen LogP contribution in [0.3, 0.4) is 0 Å². The minimum absolute atomic E-state index is 0. The number of halogens is 6. The molecule has 0 fully saturated rings. The number of alkyl halides is 6. The van der Waals surface area contributed by atoms with E-state index in [-0.39, 0.29) is 17.1 Å². The van der Waals surface area contributed by atoms with Gasteiger partial charge in [-0.1, -0.05) is 24.3 Å². The molecule has 4 rings (SSSR count). The van der Waals surface area contributed by atoms with Gasteiger partial charge in [0.1, 0.15) is 0 Å². The summed E-state index contributed by atoms with van der Waals surface area (Å²) in [5.41, 5.74) is -6.95. The fraction of sp³-hybridized carbons (Fsp3) is 0.286. The van der Waals surface area contributed by atoms with E-state index in [1.165, 1.54) is 0 Å². The summed E-state index contributed by atoms with van der Waals surface area (Å²) < 4.78 is 118. The van der Waals surface area contributed by atoms with Crippen LogP contribution in [0.1, 0.15) is 22.8 Å². The fourth-order valence-electron chi connectivity index (χ4n) is 3.18. The summed E-state index contributed by atoms with van der Waals surface area (Å²) in [6.07, 6.45) is 7.29. The fourth-order valence-corrected chi connectivity index (χ4v) is 3.18. The minimum Gasteiger partial charge on any atom is -0.741 e. The quantitative estimate of drug-likeness (QED) is 0.107. The Labute approximate surface area is 290 Å².